The summed E-state index contributed by atoms with van der Waals surface area (Å²) in [5, 5.41) is 13.8. The van der Waals surface area contributed by atoms with Gasteiger partial charge in [-0.05, 0) is 11.5 Å². The van der Waals surface area contributed by atoms with Gasteiger partial charge in [0.2, 0.25) is 0 Å². The normalized spacial score (nSPS) is 10.4. The summed E-state index contributed by atoms with van der Waals surface area (Å²) in [7, 11) is 2.83. The lowest BCUT2D eigenvalue weighted by Crippen LogP contribution is -2.21. The van der Waals surface area contributed by atoms with Crippen LogP contribution >= 0.6 is 0 Å². The maximum Gasteiger partial charge on any atom is 0.337 e. The summed E-state index contributed by atoms with van der Waals surface area (Å²) < 4.78 is 15.9. The van der Waals surface area contributed by atoms with Crippen LogP contribution in [0, 0.1) is 0 Å². The van der Waals surface area contributed by atoms with Crippen LogP contribution in [0.2, 0.25) is 0 Å². The number of rotatable bonds is 7. The topological polar surface area (TPSA) is 94.1 Å². The van der Waals surface area contributed by atoms with E-state index in [0.717, 1.165) is 10.8 Å². The van der Waals surface area contributed by atoms with Gasteiger partial charge in [-0.25, -0.2) is 4.79 Å². The lowest BCUT2D eigenvalue weighted by Gasteiger charge is -2.14. The number of amides is 1. The number of methoxy groups -OCH3 is 2. The number of nitrogens with one attached hydrogen (secondary N) is 1. The summed E-state index contributed by atoms with van der Waals surface area (Å²) in [4.78, 5) is 23.9. The van der Waals surface area contributed by atoms with Crippen molar-refractivity contribution in [1.82, 2.24) is 0 Å². The van der Waals surface area contributed by atoms with Gasteiger partial charge in [0.05, 0.1) is 25.5 Å². The molecule has 0 aliphatic rings. The van der Waals surface area contributed by atoms with Gasteiger partial charge in [-0.1, -0.05) is 36.4 Å². The molecule has 0 unspecified atom stereocenters. The standard InChI is InChI=1S/C21H19NO6/c1-26-18-10-15(21(24)25)16(11-19(18)27-2)22-20(23)12-28-17-9-5-7-13-6-3-4-8-14(13)17/h3-11H,12H2,1-2H3,(H,22,23)(H,24,25). The minimum absolute atomic E-state index is 0.0941. The van der Waals surface area contributed by atoms with Gasteiger partial charge in [0.15, 0.2) is 18.1 Å². The van der Waals surface area contributed by atoms with Gasteiger partial charge in [0.1, 0.15) is 5.75 Å². The minimum atomic E-state index is -1.20. The predicted octanol–water partition coefficient (Wildman–Crippen LogP) is 3.57. The number of ether oxygens (including phenoxy) is 3. The molecular formula is C21H19NO6. The number of fused-ring (bicyclic) bond motifs is 1. The molecule has 0 bridgehead atoms. The lowest BCUT2D eigenvalue weighted by molar-refractivity contribution is -0.118. The monoisotopic (exact) mass is 381 g/mol. The molecule has 28 heavy (non-hydrogen) atoms. The quantitative estimate of drug-likeness (QED) is 0.650. The van der Waals surface area contributed by atoms with E-state index in [4.69, 9.17) is 14.2 Å². The number of carbonyl (C=O) groups is 2. The van der Waals surface area contributed by atoms with Crippen LogP contribution in [-0.4, -0.2) is 37.8 Å². The van der Waals surface area contributed by atoms with Crippen molar-refractivity contribution in [2.45, 2.75) is 0 Å². The third kappa shape index (κ3) is 3.98. The van der Waals surface area contributed by atoms with Gasteiger partial charge in [0.25, 0.3) is 5.91 Å². The fourth-order valence-electron chi connectivity index (χ4n) is 2.81. The van der Waals surface area contributed by atoms with Gasteiger partial charge in [0, 0.05) is 17.5 Å². The highest BCUT2D eigenvalue weighted by Gasteiger charge is 2.18. The van der Waals surface area contributed by atoms with Gasteiger partial charge in [-0.15, -0.1) is 0 Å². The maximum absolute atomic E-state index is 12.3. The van der Waals surface area contributed by atoms with Crippen LogP contribution in [0.15, 0.2) is 54.6 Å². The van der Waals surface area contributed by atoms with E-state index in [9.17, 15) is 14.7 Å². The van der Waals surface area contributed by atoms with Gasteiger partial charge in [-0.3, -0.25) is 4.79 Å². The van der Waals surface area contributed by atoms with Crippen LogP contribution in [0.1, 0.15) is 10.4 Å². The highest BCUT2D eigenvalue weighted by Crippen LogP contribution is 2.33. The number of benzene rings is 3. The number of hydrogen-bond donors (Lipinski definition) is 2. The number of aromatic carboxylic acids is 1. The first-order valence-corrected chi connectivity index (χ1v) is 8.43. The molecule has 0 radical (unpaired) electrons. The van der Waals surface area contributed by atoms with Gasteiger partial charge in [-0.2, -0.15) is 0 Å². The molecule has 7 nitrogen and oxygen atoms in total. The highest BCUT2D eigenvalue weighted by atomic mass is 16.5. The lowest BCUT2D eigenvalue weighted by atomic mass is 10.1. The van der Waals surface area contributed by atoms with Crippen molar-refractivity contribution in [3.63, 3.8) is 0 Å². The molecule has 1 amide bonds. The smallest absolute Gasteiger partial charge is 0.337 e. The predicted molar refractivity (Wildman–Crippen MR) is 105 cm³/mol. The average molecular weight is 381 g/mol. The number of carboxylic acids is 1. The van der Waals surface area contributed by atoms with Crippen LogP contribution in [0.5, 0.6) is 17.2 Å². The average Bonchev–Trinajstić information content (AvgIpc) is 2.71. The number of carbonyl (C=O) groups excluding carboxylic acids is 1. The molecule has 0 aliphatic carbocycles. The van der Waals surface area contributed by atoms with E-state index >= 15 is 0 Å². The second-order valence-corrected chi connectivity index (χ2v) is 5.87. The number of carboxylic acid groups (broad SMARTS) is 1. The van der Waals surface area contributed by atoms with Crippen molar-refractivity contribution >= 4 is 28.3 Å². The Balaban J connectivity index is 1.78. The summed E-state index contributed by atoms with van der Waals surface area (Å²) in [6, 6.07) is 15.9. The molecule has 7 heteroatoms. The maximum atomic E-state index is 12.3. The highest BCUT2D eigenvalue weighted by molar-refractivity contribution is 6.02. The zero-order chi connectivity index (χ0) is 20.1. The van der Waals surface area contributed by atoms with Crippen LogP contribution < -0.4 is 19.5 Å². The molecule has 0 aliphatic heterocycles. The first kappa shape index (κ1) is 19.0. The van der Waals surface area contributed by atoms with E-state index < -0.39 is 11.9 Å². The van der Waals surface area contributed by atoms with Gasteiger partial charge < -0.3 is 24.6 Å². The first-order chi connectivity index (χ1) is 13.5. The first-order valence-electron chi connectivity index (χ1n) is 8.43. The third-order valence-corrected chi connectivity index (χ3v) is 4.14. The van der Waals surface area contributed by atoms with Crippen LogP contribution in [-0.2, 0) is 4.79 Å². The second kappa shape index (κ2) is 8.30. The Kier molecular flexibility index (Phi) is 5.64. The molecular weight excluding hydrogens is 362 g/mol. The Morgan fingerprint density at radius 1 is 0.929 bits per heavy atom. The second-order valence-electron chi connectivity index (χ2n) is 5.87. The van der Waals surface area contributed by atoms with Crippen LogP contribution in [0.25, 0.3) is 10.8 Å². The SMILES string of the molecule is COc1cc(NC(=O)COc2cccc3ccccc23)c(C(=O)O)cc1OC. The Morgan fingerprint density at radius 2 is 1.61 bits per heavy atom. The minimum Gasteiger partial charge on any atom is -0.493 e. The fraction of sp³-hybridized carbons (Fsp3) is 0.143. The van der Waals surface area contributed by atoms with E-state index in [1.165, 1.54) is 26.4 Å². The van der Waals surface area contributed by atoms with Gasteiger partial charge >= 0.3 is 5.97 Å². The van der Waals surface area contributed by atoms with E-state index in [1.807, 2.05) is 36.4 Å². The molecule has 0 saturated heterocycles. The molecule has 0 aromatic heterocycles. The zero-order valence-corrected chi connectivity index (χ0v) is 15.4. The largest absolute Gasteiger partial charge is 0.493 e. The summed E-state index contributed by atoms with van der Waals surface area (Å²) in [5.41, 5.74) is -0.0205. The van der Waals surface area contributed by atoms with Crippen LogP contribution in [0.4, 0.5) is 5.69 Å². The Hall–Kier alpha value is -3.74. The third-order valence-electron chi connectivity index (χ3n) is 4.14. The van der Waals surface area contributed by atoms with Crippen molar-refractivity contribution in [1.29, 1.82) is 0 Å². The van der Waals surface area contributed by atoms with E-state index in [0.29, 0.717) is 11.5 Å². The fourth-order valence-corrected chi connectivity index (χ4v) is 2.81. The Labute approximate surface area is 161 Å². The van der Waals surface area contributed by atoms with E-state index in [1.54, 1.807) is 6.07 Å². The van der Waals surface area contributed by atoms with Crippen LogP contribution in [0.3, 0.4) is 0 Å². The molecule has 0 heterocycles. The summed E-state index contributed by atoms with van der Waals surface area (Å²) in [5.74, 6) is -0.574. The van der Waals surface area contributed by atoms with Crippen molar-refractivity contribution in [2.24, 2.45) is 0 Å². The Bertz CT molecular complexity index is 1030. The number of anilines is 1. The molecule has 0 fully saturated rings. The van der Waals surface area contributed by atoms with Crippen molar-refractivity contribution in [2.75, 3.05) is 26.1 Å². The van der Waals surface area contributed by atoms with Crippen molar-refractivity contribution in [3.05, 3.63) is 60.2 Å². The summed E-state index contributed by atoms with van der Waals surface area (Å²) in [6.45, 7) is -0.276. The van der Waals surface area contributed by atoms with E-state index in [2.05, 4.69) is 5.32 Å². The molecule has 0 saturated carbocycles. The van der Waals surface area contributed by atoms with Crippen molar-refractivity contribution in [3.8, 4) is 17.2 Å². The molecule has 3 rings (SSSR count). The molecule has 144 valence electrons. The zero-order valence-electron chi connectivity index (χ0n) is 15.4. The summed E-state index contributed by atoms with van der Waals surface area (Å²) in [6.07, 6.45) is 0. The molecule has 0 atom stereocenters. The molecule has 0 spiro atoms. The number of hydrogen-bond acceptors (Lipinski definition) is 5. The molecule has 3 aromatic rings. The Morgan fingerprint density at radius 3 is 2.32 bits per heavy atom. The van der Waals surface area contributed by atoms with Crippen molar-refractivity contribution < 1.29 is 28.9 Å². The molecule has 3 aromatic carbocycles. The summed E-state index contributed by atoms with van der Waals surface area (Å²) >= 11 is 0. The molecule has 2 N–H and O–H groups in total. The van der Waals surface area contributed by atoms with E-state index in [-0.39, 0.29) is 23.6 Å².